The van der Waals surface area contributed by atoms with Crippen molar-refractivity contribution in [1.82, 2.24) is 0 Å². The SMILES string of the molecule is N#C/C(=N\Nc1cc(Br)ccc1Oc1c(F)cc(C(F)(F)F)cc1F)C(=N)N. The number of ether oxygens (including phenoxy) is 1. The van der Waals surface area contributed by atoms with Gasteiger partial charge in [-0.1, -0.05) is 15.9 Å². The lowest BCUT2D eigenvalue weighted by molar-refractivity contribution is -0.138. The van der Waals surface area contributed by atoms with Gasteiger partial charge in [0, 0.05) is 4.47 Å². The summed E-state index contributed by atoms with van der Waals surface area (Å²) in [5, 5.41) is 19.6. The monoisotopic (exact) mass is 461 g/mol. The molecule has 0 radical (unpaired) electrons. The normalized spacial score (nSPS) is 11.7. The molecule has 2 rings (SSSR count). The molecule has 0 unspecified atom stereocenters. The minimum atomic E-state index is -4.93. The summed E-state index contributed by atoms with van der Waals surface area (Å²) in [5.74, 6) is -5.04. The van der Waals surface area contributed by atoms with Gasteiger partial charge in [0.2, 0.25) is 5.71 Å². The van der Waals surface area contributed by atoms with E-state index in [1.165, 1.54) is 18.2 Å². The van der Waals surface area contributed by atoms with Crippen LogP contribution in [0.3, 0.4) is 0 Å². The van der Waals surface area contributed by atoms with Gasteiger partial charge in [0.05, 0.1) is 11.3 Å². The maximum atomic E-state index is 14.0. The van der Waals surface area contributed by atoms with Gasteiger partial charge < -0.3 is 10.5 Å². The summed E-state index contributed by atoms with van der Waals surface area (Å²) >= 11 is 3.15. The summed E-state index contributed by atoms with van der Waals surface area (Å²) in [6.45, 7) is 0. The average molecular weight is 462 g/mol. The van der Waals surface area contributed by atoms with Crippen molar-refractivity contribution in [2.24, 2.45) is 10.8 Å². The van der Waals surface area contributed by atoms with Crippen LogP contribution in [-0.2, 0) is 6.18 Å². The molecule has 0 aliphatic rings. The Morgan fingerprint density at radius 3 is 2.32 bits per heavy atom. The van der Waals surface area contributed by atoms with Crippen LogP contribution in [0.2, 0.25) is 0 Å². The lowest BCUT2D eigenvalue weighted by Gasteiger charge is -2.14. The van der Waals surface area contributed by atoms with Gasteiger partial charge in [-0.05, 0) is 30.3 Å². The first-order valence-electron chi connectivity index (χ1n) is 7.14. The zero-order valence-corrected chi connectivity index (χ0v) is 15.1. The molecule has 0 heterocycles. The van der Waals surface area contributed by atoms with Crippen LogP contribution in [0.25, 0.3) is 0 Å². The lowest BCUT2D eigenvalue weighted by atomic mass is 10.2. The number of nitrogens with one attached hydrogen (secondary N) is 2. The molecule has 0 aromatic heterocycles. The number of nitriles is 1. The smallest absolute Gasteiger partial charge is 0.416 e. The molecule has 0 saturated heterocycles. The van der Waals surface area contributed by atoms with Crippen LogP contribution in [0.15, 0.2) is 39.9 Å². The number of nitrogens with zero attached hydrogens (tertiary/aromatic N) is 2. The molecule has 6 nitrogen and oxygen atoms in total. The van der Waals surface area contributed by atoms with Crippen molar-refractivity contribution < 1.29 is 26.7 Å². The van der Waals surface area contributed by atoms with Crippen molar-refractivity contribution in [2.75, 3.05) is 5.43 Å². The first kappa shape index (κ1) is 21.1. The Labute approximate surface area is 163 Å². The van der Waals surface area contributed by atoms with E-state index < -0.39 is 40.7 Å². The van der Waals surface area contributed by atoms with Crippen molar-refractivity contribution in [3.05, 3.63) is 52.0 Å². The fourth-order valence-electron chi connectivity index (χ4n) is 1.87. The predicted molar refractivity (Wildman–Crippen MR) is 94.2 cm³/mol. The van der Waals surface area contributed by atoms with E-state index in [1.807, 2.05) is 0 Å². The molecule has 0 aliphatic carbocycles. The van der Waals surface area contributed by atoms with Gasteiger partial charge in [0.25, 0.3) is 0 Å². The van der Waals surface area contributed by atoms with Gasteiger partial charge in [-0.3, -0.25) is 10.8 Å². The standard InChI is InChI=1S/C16H9BrF5N5O/c17-8-1-2-13(11(5-8)26-27-12(6-23)15(24)25)28-14-9(18)3-7(4-10(14)19)16(20,21)22/h1-5,26H,(H3,24,25)/b27-12+. The molecular weight excluding hydrogens is 453 g/mol. The Balaban J connectivity index is 2.43. The largest absolute Gasteiger partial charge is 0.449 e. The highest BCUT2D eigenvalue weighted by molar-refractivity contribution is 9.10. The van der Waals surface area contributed by atoms with Gasteiger partial charge in [-0.2, -0.15) is 23.5 Å². The third-order valence-corrected chi connectivity index (χ3v) is 3.62. The van der Waals surface area contributed by atoms with E-state index in [0.717, 1.165) is 0 Å². The van der Waals surface area contributed by atoms with Crippen LogP contribution in [0.5, 0.6) is 11.5 Å². The van der Waals surface area contributed by atoms with Crippen LogP contribution in [-0.4, -0.2) is 11.5 Å². The van der Waals surface area contributed by atoms with E-state index in [0.29, 0.717) is 4.47 Å². The number of halogens is 6. The molecule has 28 heavy (non-hydrogen) atoms. The third kappa shape index (κ3) is 4.95. The van der Waals surface area contributed by atoms with Crippen molar-refractivity contribution in [2.45, 2.75) is 6.18 Å². The molecule has 0 saturated carbocycles. The van der Waals surface area contributed by atoms with E-state index in [4.69, 9.17) is 21.1 Å². The predicted octanol–water partition coefficient (Wildman–Crippen LogP) is 4.77. The lowest BCUT2D eigenvalue weighted by Crippen LogP contribution is -2.21. The minimum absolute atomic E-state index is 0.0120. The number of amidine groups is 1. The van der Waals surface area contributed by atoms with Crippen molar-refractivity contribution in [3.63, 3.8) is 0 Å². The Morgan fingerprint density at radius 2 is 1.82 bits per heavy atom. The first-order chi connectivity index (χ1) is 13.0. The zero-order valence-electron chi connectivity index (χ0n) is 13.5. The quantitative estimate of drug-likeness (QED) is 0.258. The second kappa shape index (κ2) is 8.22. The fraction of sp³-hybridized carbons (Fsp3) is 0.0625. The average Bonchev–Trinajstić information content (AvgIpc) is 2.58. The number of hydrogen-bond acceptors (Lipinski definition) is 5. The number of alkyl halides is 3. The maximum Gasteiger partial charge on any atom is 0.416 e. The van der Waals surface area contributed by atoms with Crippen LogP contribution < -0.4 is 15.9 Å². The van der Waals surface area contributed by atoms with E-state index in [2.05, 4.69) is 26.5 Å². The van der Waals surface area contributed by atoms with E-state index in [9.17, 15) is 22.0 Å². The fourth-order valence-corrected chi connectivity index (χ4v) is 2.23. The Kier molecular flexibility index (Phi) is 6.19. The van der Waals surface area contributed by atoms with E-state index >= 15 is 0 Å². The molecule has 0 bridgehead atoms. The number of rotatable bonds is 5. The van der Waals surface area contributed by atoms with E-state index in [-0.39, 0.29) is 23.6 Å². The number of hydrazone groups is 1. The Bertz CT molecular complexity index is 977. The van der Waals surface area contributed by atoms with Crippen molar-refractivity contribution in [3.8, 4) is 17.6 Å². The second-order valence-electron chi connectivity index (χ2n) is 5.11. The molecule has 12 heteroatoms. The van der Waals surface area contributed by atoms with E-state index in [1.54, 1.807) is 6.07 Å². The Morgan fingerprint density at radius 1 is 1.21 bits per heavy atom. The number of anilines is 1. The third-order valence-electron chi connectivity index (χ3n) is 3.13. The summed E-state index contributed by atoms with van der Waals surface area (Å²) in [6, 6.07) is 5.79. The molecule has 0 fully saturated rings. The summed E-state index contributed by atoms with van der Waals surface area (Å²) in [6.07, 6.45) is -4.93. The highest BCUT2D eigenvalue weighted by Gasteiger charge is 2.33. The topological polar surface area (TPSA) is 107 Å². The molecule has 0 amide bonds. The second-order valence-corrected chi connectivity index (χ2v) is 6.02. The van der Waals surface area contributed by atoms with Gasteiger partial charge in [-0.15, -0.1) is 0 Å². The van der Waals surface area contributed by atoms with Gasteiger partial charge in [0.1, 0.15) is 6.07 Å². The van der Waals surface area contributed by atoms with Crippen LogP contribution in [0.1, 0.15) is 5.56 Å². The molecule has 4 N–H and O–H groups in total. The van der Waals surface area contributed by atoms with Gasteiger partial charge >= 0.3 is 6.18 Å². The number of hydrogen-bond donors (Lipinski definition) is 3. The summed E-state index contributed by atoms with van der Waals surface area (Å²) < 4.78 is 71.5. The van der Waals surface area contributed by atoms with Crippen LogP contribution >= 0.6 is 15.9 Å². The summed E-state index contributed by atoms with van der Waals surface area (Å²) in [7, 11) is 0. The van der Waals surface area contributed by atoms with Crippen LogP contribution in [0.4, 0.5) is 27.6 Å². The molecule has 2 aromatic carbocycles. The molecule has 146 valence electrons. The first-order valence-corrected chi connectivity index (χ1v) is 7.94. The minimum Gasteiger partial charge on any atom is -0.449 e. The molecule has 0 atom stereocenters. The zero-order chi connectivity index (χ0) is 21.1. The summed E-state index contributed by atoms with van der Waals surface area (Å²) in [5.41, 5.74) is 5.50. The number of benzene rings is 2. The number of nitrogens with two attached hydrogens (primary N) is 1. The molecule has 0 aliphatic heterocycles. The van der Waals surface area contributed by atoms with Crippen LogP contribution in [0, 0.1) is 28.4 Å². The molecule has 0 spiro atoms. The van der Waals surface area contributed by atoms with Gasteiger partial charge in [0.15, 0.2) is 29.0 Å². The molecule has 2 aromatic rings. The highest BCUT2D eigenvalue weighted by Crippen LogP contribution is 2.38. The highest BCUT2D eigenvalue weighted by atomic mass is 79.9. The summed E-state index contributed by atoms with van der Waals surface area (Å²) in [4.78, 5) is 0. The van der Waals surface area contributed by atoms with Crippen molar-refractivity contribution >= 4 is 33.2 Å². The van der Waals surface area contributed by atoms with Crippen molar-refractivity contribution in [1.29, 1.82) is 10.7 Å². The Hall–Kier alpha value is -3.20. The molecular formula is C16H9BrF5N5O. The van der Waals surface area contributed by atoms with Gasteiger partial charge in [-0.25, -0.2) is 8.78 Å². The maximum absolute atomic E-state index is 14.0.